The molecule has 0 saturated heterocycles. The van der Waals surface area contributed by atoms with E-state index in [1.807, 2.05) is 31.2 Å². The second kappa shape index (κ2) is 5.21. The Bertz CT molecular complexity index is 570. The van der Waals surface area contributed by atoms with Gasteiger partial charge in [-0.1, -0.05) is 49.7 Å². The Balaban J connectivity index is 2.67. The third-order valence-corrected chi connectivity index (χ3v) is 3.23. The van der Waals surface area contributed by atoms with Gasteiger partial charge in [-0.2, -0.15) is 13.2 Å². The van der Waals surface area contributed by atoms with Gasteiger partial charge in [0.1, 0.15) is 6.04 Å². The summed E-state index contributed by atoms with van der Waals surface area (Å²) >= 11 is 0. The van der Waals surface area contributed by atoms with Crippen molar-refractivity contribution in [3.05, 3.63) is 47.5 Å². The lowest BCUT2D eigenvalue weighted by Crippen LogP contribution is -2.28. The lowest BCUT2D eigenvalue weighted by molar-refractivity contribution is -0.148. The average molecular weight is 267 g/mol. The standard InChI is InChI=1S/C15H16F3N/c1-2-5-10-6-3-7-11-8-4-9-12(13(10)11)14(19)15(16,17)18/h3-4,6-9,14H,2,5,19H2,1H3/t14-/m0/s1. The average Bonchev–Trinajstić information content (AvgIpc) is 2.37. The Morgan fingerprint density at radius 2 is 1.74 bits per heavy atom. The van der Waals surface area contributed by atoms with E-state index in [-0.39, 0.29) is 5.56 Å². The zero-order chi connectivity index (χ0) is 14.0. The van der Waals surface area contributed by atoms with Crippen LogP contribution in [0.1, 0.15) is 30.5 Å². The van der Waals surface area contributed by atoms with Gasteiger partial charge in [-0.25, -0.2) is 0 Å². The first-order valence-corrected chi connectivity index (χ1v) is 6.28. The molecule has 0 unspecified atom stereocenters. The van der Waals surface area contributed by atoms with Gasteiger partial charge < -0.3 is 5.73 Å². The van der Waals surface area contributed by atoms with Crippen LogP contribution < -0.4 is 5.73 Å². The molecule has 0 spiro atoms. The van der Waals surface area contributed by atoms with Crippen molar-refractivity contribution in [2.75, 3.05) is 0 Å². The predicted octanol–water partition coefficient (Wildman–Crippen LogP) is 4.35. The summed E-state index contributed by atoms with van der Waals surface area (Å²) in [5, 5.41) is 1.46. The number of fused-ring (bicyclic) bond motifs is 1. The van der Waals surface area contributed by atoms with Crippen LogP contribution in [-0.4, -0.2) is 6.18 Å². The van der Waals surface area contributed by atoms with Crippen LogP contribution in [0.3, 0.4) is 0 Å². The molecule has 0 heterocycles. The third-order valence-electron chi connectivity index (χ3n) is 3.23. The molecule has 0 aliphatic heterocycles. The van der Waals surface area contributed by atoms with E-state index < -0.39 is 12.2 Å². The molecule has 0 bridgehead atoms. The van der Waals surface area contributed by atoms with E-state index in [2.05, 4.69) is 0 Å². The van der Waals surface area contributed by atoms with Crippen molar-refractivity contribution in [1.29, 1.82) is 0 Å². The molecule has 2 aromatic carbocycles. The van der Waals surface area contributed by atoms with Crippen LogP contribution in [0.15, 0.2) is 36.4 Å². The van der Waals surface area contributed by atoms with Gasteiger partial charge in [0.2, 0.25) is 0 Å². The molecule has 0 aliphatic carbocycles. The molecule has 1 atom stereocenters. The van der Waals surface area contributed by atoms with E-state index in [4.69, 9.17) is 5.73 Å². The minimum absolute atomic E-state index is 0.161. The Hall–Kier alpha value is -1.55. The number of alkyl halides is 3. The van der Waals surface area contributed by atoms with Crippen molar-refractivity contribution in [3.63, 3.8) is 0 Å². The molecule has 19 heavy (non-hydrogen) atoms. The number of nitrogens with two attached hydrogens (primary N) is 1. The van der Waals surface area contributed by atoms with Crippen molar-refractivity contribution in [1.82, 2.24) is 0 Å². The summed E-state index contributed by atoms with van der Waals surface area (Å²) in [5.74, 6) is 0. The highest BCUT2D eigenvalue weighted by atomic mass is 19.4. The molecular formula is C15H16F3N. The first kappa shape index (κ1) is 13.9. The van der Waals surface area contributed by atoms with Crippen molar-refractivity contribution < 1.29 is 13.2 Å². The topological polar surface area (TPSA) is 26.0 Å². The summed E-state index contributed by atoms with van der Waals surface area (Å²) in [6.07, 6.45) is -2.79. The van der Waals surface area contributed by atoms with Crippen LogP contribution in [0.2, 0.25) is 0 Å². The minimum Gasteiger partial charge on any atom is -0.316 e. The smallest absolute Gasteiger partial charge is 0.316 e. The third kappa shape index (κ3) is 2.73. The van der Waals surface area contributed by atoms with Crippen molar-refractivity contribution in [2.45, 2.75) is 32.0 Å². The van der Waals surface area contributed by atoms with Crippen LogP contribution in [0.4, 0.5) is 13.2 Å². The normalized spacial score (nSPS) is 13.7. The summed E-state index contributed by atoms with van der Waals surface area (Å²) < 4.78 is 38.6. The number of benzene rings is 2. The summed E-state index contributed by atoms with van der Waals surface area (Å²) in [5.41, 5.74) is 6.47. The Kier molecular flexibility index (Phi) is 3.80. The van der Waals surface area contributed by atoms with E-state index in [1.54, 1.807) is 6.07 Å². The second-order valence-electron chi connectivity index (χ2n) is 4.63. The monoisotopic (exact) mass is 267 g/mol. The van der Waals surface area contributed by atoms with Crippen LogP contribution in [0, 0.1) is 0 Å². The molecule has 2 N–H and O–H groups in total. The zero-order valence-electron chi connectivity index (χ0n) is 10.7. The predicted molar refractivity (Wildman–Crippen MR) is 70.9 cm³/mol. The van der Waals surface area contributed by atoms with Gasteiger partial charge >= 0.3 is 6.18 Å². The molecule has 2 aromatic rings. The number of hydrogen-bond acceptors (Lipinski definition) is 1. The molecule has 1 nitrogen and oxygen atoms in total. The molecule has 4 heteroatoms. The summed E-state index contributed by atoms with van der Waals surface area (Å²) in [4.78, 5) is 0. The van der Waals surface area contributed by atoms with Gasteiger partial charge in [-0.3, -0.25) is 0 Å². The zero-order valence-corrected chi connectivity index (χ0v) is 10.7. The SMILES string of the molecule is CCCc1cccc2cccc([C@H](N)C(F)(F)F)c12. The molecule has 0 amide bonds. The molecule has 0 saturated carbocycles. The Morgan fingerprint density at radius 3 is 2.32 bits per heavy atom. The van der Waals surface area contributed by atoms with Crippen molar-refractivity contribution >= 4 is 10.8 Å². The quantitative estimate of drug-likeness (QED) is 0.878. The van der Waals surface area contributed by atoms with E-state index in [0.29, 0.717) is 5.39 Å². The van der Waals surface area contributed by atoms with Gasteiger partial charge in [0.15, 0.2) is 0 Å². The maximum absolute atomic E-state index is 12.9. The summed E-state index contributed by atoms with van der Waals surface area (Å²) in [6.45, 7) is 2.01. The number of halogens is 3. The molecule has 0 aliphatic rings. The fourth-order valence-electron chi connectivity index (χ4n) is 2.36. The number of aryl methyl sites for hydroxylation is 1. The van der Waals surface area contributed by atoms with Gasteiger partial charge in [0.25, 0.3) is 0 Å². The largest absolute Gasteiger partial charge is 0.407 e. The summed E-state index contributed by atoms with van der Waals surface area (Å²) in [7, 11) is 0. The van der Waals surface area contributed by atoms with Crippen molar-refractivity contribution in [2.24, 2.45) is 5.73 Å². The van der Waals surface area contributed by atoms with Gasteiger partial charge in [-0.15, -0.1) is 0 Å². The molecule has 102 valence electrons. The van der Waals surface area contributed by atoms with Crippen molar-refractivity contribution in [3.8, 4) is 0 Å². The van der Waals surface area contributed by atoms with Gasteiger partial charge in [-0.05, 0) is 28.3 Å². The lowest BCUT2D eigenvalue weighted by atomic mass is 9.93. The molecule has 0 fully saturated rings. The first-order valence-electron chi connectivity index (χ1n) is 6.28. The number of hydrogen-bond donors (Lipinski definition) is 1. The minimum atomic E-state index is -4.42. The van der Waals surface area contributed by atoms with Crippen LogP contribution in [-0.2, 0) is 6.42 Å². The molecular weight excluding hydrogens is 251 g/mol. The lowest BCUT2D eigenvalue weighted by Gasteiger charge is -2.19. The van der Waals surface area contributed by atoms with E-state index in [1.165, 1.54) is 6.07 Å². The Labute approximate surface area is 110 Å². The first-order chi connectivity index (χ1) is 8.95. The highest BCUT2D eigenvalue weighted by molar-refractivity contribution is 5.89. The fraction of sp³-hybridized carbons (Fsp3) is 0.333. The van der Waals surface area contributed by atoms with E-state index >= 15 is 0 Å². The maximum atomic E-state index is 12.9. The number of rotatable bonds is 3. The van der Waals surface area contributed by atoms with Gasteiger partial charge in [0, 0.05) is 0 Å². The fourth-order valence-corrected chi connectivity index (χ4v) is 2.36. The second-order valence-corrected chi connectivity index (χ2v) is 4.63. The highest BCUT2D eigenvalue weighted by Crippen LogP contribution is 2.35. The van der Waals surface area contributed by atoms with E-state index in [0.717, 1.165) is 23.8 Å². The molecule has 2 rings (SSSR count). The van der Waals surface area contributed by atoms with Crippen LogP contribution in [0.5, 0.6) is 0 Å². The van der Waals surface area contributed by atoms with E-state index in [9.17, 15) is 13.2 Å². The molecule has 0 radical (unpaired) electrons. The van der Waals surface area contributed by atoms with Crippen LogP contribution in [0.25, 0.3) is 10.8 Å². The highest BCUT2D eigenvalue weighted by Gasteiger charge is 2.38. The Morgan fingerprint density at radius 1 is 1.11 bits per heavy atom. The molecule has 0 aromatic heterocycles. The maximum Gasteiger partial charge on any atom is 0.407 e. The summed E-state index contributed by atoms with van der Waals surface area (Å²) in [6, 6.07) is 8.55. The van der Waals surface area contributed by atoms with Gasteiger partial charge in [0.05, 0.1) is 0 Å². The van der Waals surface area contributed by atoms with Crippen LogP contribution >= 0.6 is 0 Å².